The van der Waals surface area contributed by atoms with Crippen LogP contribution in [-0.2, 0) is 0 Å². The summed E-state index contributed by atoms with van der Waals surface area (Å²) in [7, 11) is 0. The van der Waals surface area contributed by atoms with Crippen LogP contribution in [0.5, 0.6) is 0 Å². The standard InChI is InChI=1S/C42H29N/c1-2-13-32(14-3-1)38-18-10-11-21-41(38)43(42-29-35-16-6-7-17-37(35)39-19-8-9-20-40(39)42)36-26-24-31(25-27-36)34-23-22-30-12-4-5-15-33(30)28-34/h1-29H. The Bertz CT molecular complexity index is 2230. The van der Waals surface area contributed by atoms with Gasteiger partial charge < -0.3 is 4.90 Å². The normalized spacial score (nSPS) is 11.3. The van der Waals surface area contributed by atoms with E-state index in [9.17, 15) is 0 Å². The maximum Gasteiger partial charge on any atom is 0.0546 e. The molecule has 0 saturated carbocycles. The molecule has 0 bridgehead atoms. The Kier molecular flexibility index (Phi) is 6.20. The van der Waals surface area contributed by atoms with Crippen LogP contribution in [0.15, 0.2) is 176 Å². The lowest BCUT2D eigenvalue weighted by atomic mass is 9.97. The van der Waals surface area contributed by atoms with Crippen LogP contribution < -0.4 is 4.90 Å². The van der Waals surface area contributed by atoms with Crippen LogP contribution >= 0.6 is 0 Å². The van der Waals surface area contributed by atoms with Crippen molar-refractivity contribution in [3.05, 3.63) is 176 Å². The van der Waals surface area contributed by atoms with Gasteiger partial charge in [-0.15, -0.1) is 0 Å². The largest absolute Gasteiger partial charge is 0.309 e. The fraction of sp³-hybridized carbons (Fsp3) is 0. The van der Waals surface area contributed by atoms with Crippen LogP contribution in [0.4, 0.5) is 17.1 Å². The molecule has 0 aromatic heterocycles. The first-order chi connectivity index (χ1) is 21.3. The predicted octanol–water partition coefficient (Wildman–Crippen LogP) is 11.9. The molecule has 0 N–H and O–H groups in total. The van der Waals surface area contributed by atoms with E-state index < -0.39 is 0 Å². The fourth-order valence-electron chi connectivity index (χ4n) is 6.33. The average Bonchev–Trinajstić information content (AvgIpc) is 3.09. The molecule has 0 heterocycles. The van der Waals surface area contributed by atoms with Gasteiger partial charge in [-0.25, -0.2) is 0 Å². The van der Waals surface area contributed by atoms with E-state index in [4.69, 9.17) is 0 Å². The molecule has 0 aliphatic heterocycles. The molecule has 8 aromatic carbocycles. The third kappa shape index (κ3) is 4.52. The van der Waals surface area contributed by atoms with Gasteiger partial charge in [0.25, 0.3) is 0 Å². The van der Waals surface area contributed by atoms with E-state index in [-0.39, 0.29) is 0 Å². The lowest BCUT2D eigenvalue weighted by molar-refractivity contribution is 1.30. The molecule has 0 fully saturated rings. The first kappa shape index (κ1) is 25.1. The summed E-state index contributed by atoms with van der Waals surface area (Å²) in [6, 6.07) is 63.5. The molecule has 0 radical (unpaired) electrons. The highest BCUT2D eigenvalue weighted by molar-refractivity contribution is 6.15. The van der Waals surface area contributed by atoms with Gasteiger partial charge in [0, 0.05) is 16.6 Å². The number of nitrogens with zero attached hydrogens (tertiary/aromatic N) is 1. The summed E-state index contributed by atoms with van der Waals surface area (Å²) in [4.78, 5) is 2.43. The Hall–Kier alpha value is -5.66. The van der Waals surface area contributed by atoms with Gasteiger partial charge in [-0.05, 0) is 74.0 Å². The van der Waals surface area contributed by atoms with Crippen LogP contribution in [0.2, 0.25) is 0 Å². The highest BCUT2D eigenvalue weighted by atomic mass is 15.1. The lowest BCUT2D eigenvalue weighted by Crippen LogP contribution is -2.12. The number of hydrogen-bond donors (Lipinski definition) is 0. The molecule has 0 spiro atoms. The molecule has 0 unspecified atom stereocenters. The molecule has 0 amide bonds. The first-order valence-electron chi connectivity index (χ1n) is 14.8. The van der Waals surface area contributed by atoms with Crippen molar-refractivity contribution in [3.8, 4) is 22.3 Å². The maximum absolute atomic E-state index is 2.43. The topological polar surface area (TPSA) is 3.24 Å². The van der Waals surface area contributed by atoms with Crippen molar-refractivity contribution in [2.45, 2.75) is 0 Å². The Morgan fingerprint density at radius 1 is 0.302 bits per heavy atom. The van der Waals surface area contributed by atoms with Gasteiger partial charge in [-0.3, -0.25) is 0 Å². The van der Waals surface area contributed by atoms with Crippen LogP contribution in [0, 0.1) is 0 Å². The Balaban J connectivity index is 1.35. The molecule has 1 heteroatoms. The molecular weight excluding hydrogens is 518 g/mol. The second-order valence-electron chi connectivity index (χ2n) is 11.0. The number of para-hydroxylation sites is 1. The zero-order chi connectivity index (χ0) is 28.6. The number of rotatable bonds is 5. The second kappa shape index (κ2) is 10.6. The van der Waals surface area contributed by atoms with E-state index in [1.165, 1.54) is 54.6 Å². The molecule has 0 aliphatic carbocycles. The molecule has 8 rings (SSSR count). The molecule has 0 atom stereocenters. The summed E-state index contributed by atoms with van der Waals surface area (Å²) in [5.74, 6) is 0. The summed E-state index contributed by atoms with van der Waals surface area (Å²) in [6.07, 6.45) is 0. The zero-order valence-electron chi connectivity index (χ0n) is 23.7. The van der Waals surface area contributed by atoms with E-state index in [2.05, 4.69) is 181 Å². The predicted molar refractivity (Wildman–Crippen MR) is 185 cm³/mol. The van der Waals surface area contributed by atoms with Crippen LogP contribution in [0.25, 0.3) is 54.6 Å². The summed E-state index contributed by atoms with van der Waals surface area (Å²) in [5, 5.41) is 7.49. The Labute approximate surface area is 251 Å². The summed E-state index contributed by atoms with van der Waals surface area (Å²) >= 11 is 0. The molecule has 43 heavy (non-hydrogen) atoms. The van der Waals surface area contributed by atoms with E-state index in [0.29, 0.717) is 0 Å². The highest BCUT2D eigenvalue weighted by Crippen LogP contribution is 2.45. The van der Waals surface area contributed by atoms with Crippen molar-refractivity contribution in [1.29, 1.82) is 0 Å². The van der Waals surface area contributed by atoms with Crippen molar-refractivity contribution in [3.63, 3.8) is 0 Å². The monoisotopic (exact) mass is 547 g/mol. The molecular formula is C42H29N. The third-order valence-corrected chi connectivity index (χ3v) is 8.43. The number of anilines is 3. The minimum absolute atomic E-state index is 1.12. The van der Waals surface area contributed by atoms with Crippen molar-refractivity contribution in [2.75, 3.05) is 4.90 Å². The van der Waals surface area contributed by atoms with Crippen LogP contribution in [0.1, 0.15) is 0 Å². The van der Waals surface area contributed by atoms with E-state index in [1.54, 1.807) is 0 Å². The van der Waals surface area contributed by atoms with Gasteiger partial charge in [0.1, 0.15) is 0 Å². The van der Waals surface area contributed by atoms with Crippen molar-refractivity contribution in [2.24, 2.45) is 0 Å². The van der Waals surface area contributed by atoms with Crippen molar-refractivity contribution >= 4 is 49.4 Å². The number of benzene rings is 8. The molecule has 0 saturated heterocycles. The quantitative estimate of drug-likeness (QED) is 0.194. The van der Waals surface area contributed by atoms with E-state index in [0.717, 1.165) is 17.1 Å². The van der Waals surface area contributed by atoms with Gasteiger partial charge in [0.15, 0.2) is 0 Å². The highest BCUT2D eigenvalue weighted by Gasteiger charge is 2.20. The van der Waals surface area contributed by atoms with E-state index in [1.807, 2.05) is 0 Å². The molecule has 202 valence electrons. The Morgan fingerprint density at radius 2 is 0.907 bits per heavy atom. The summed E-state index contributed by atoms with van der Waals surface area (Å²) < 4.78 is 0. The molecule has 0 aliphatic rings. The van der Waals surface area contributed by atoms with Crippen LogP contribution in [-0.4, -0.2) is 0 Å². The SMILES string of the molecule is c1ccc(-c2ccccc2N(c2ccc(-c3ccc4ccccc4c3)cc2)c2cc3ccccc3c3ccccc23)cc1. The van der Waals surface area contributed by atoms with Gasteiger partial charge in [0.05, 0.1) is 11.4 Å². The molecule has 8 aromatic rings. The molecule has 1 nitrogen and oxygen atoms in total. The van der Waals surface area contributed by atoms with Gasteiger partial charge >= 0.3 is 0 Å². The average molecular weight is 548 g/mol. The van der Waals surface area contributed by atoms with Crippen molar-refractivity contribution in [1.82, 2.24) is 0 Å². The van der Waals surface area contributed by atoms with Crippen molar-refractivity contribution < 1.29 is 0 Å². The van der Waals surface area contributed by atoms with Crippen LogP contribution in [0.3, 0.4) is 0 Å². The van der Waals surface area contributed by atoms with Gasteiger partial charge in [0.2, 0.25) is 0 Å². The minimum Gasteiger partial charge on any atom is -0.309 e. The fourth-order valence-corrected chi connectivity index (χ4v) is 6.33. The first-order valence-corrected chi connectivity index (χ1v) is 14.8. The lowest BCUT2D eigenvalue weighted by Gasteiger charge is -2.29. The summed E-state index contributed by atoms with van der Waals surface area (Å²) in [5.41, 5.74) is 8.24. The zero-order valence-corrected chi connectivity index (χ0v) is 23.7. The van der Waals surface area contributed by atoms with Gasteiger partial charge in [-0.2, -0.15) is 0 Å². The minimum atomic E-state index is 1.12. The van der Waals surface area contributed by atoms with Gasteiger partial charge in [-0.1, -0.05) is 146 Å². The second-order valence-corrected chi connectivity index (χ2v) is 11.0. The number of hydrogen-bond acceptors (Lipinski definition) is 1. The smallest absolute Gasteiger partial charge is 0.0546 e. The third-order valence-electron chi connectivity index (χ3n) is 8.43. The summed E-state index contributed by atoms with van der Waals surface area (Å²) in [6.45, 7) is 0. The number of fused-ring (bicyclic) bond motifs is 4. The Morgan fingerprint density at radius 3 is 1.72 bits per heavy atom. The maximum atomic E-state index is 2.43. The van der Waals surface area contributed by atoms with E-state index >= 15 is 0 Å².